The molecule has 2 heterocycles. The molecule has 0 bridgehead atoms. The fraction of sp³-hybridized carbons (Fsp3) is 0.667. The molecule has 0 aliphatic carbocycles. The molecule has 0 amide bonds. The summed E-state index contributed by atoms with van der Waals surface area (Å²) >= 11 is 1.74. The molecule has 1 aromatic rings. The Morgan fingerprint density at radius 1 is 1.37 bits per heavy atom. The Bertz CT molecular complexity index is 370. The first-order valence-corrected chi connectivity index (χ1v) is 8.12. The highest BCUT2D eigenvalue weighted by molar-refractivity contribution is 7.10. The van der Waals surface area contributed by atoms with Crippen LogP contribution in [0.1, 0.15) is 49.9 Å². The van der Waals surface area contributed by atoms with Crippen molar-refractivity contribution in [3.8, 4) is 0 Å². The van der Waals surface area contributed by atoms with Gasteiger partial charge in [-0.15, -0.1) is 11.3 Å². The molecule has 4 heteroatoms. The molecule has 3 nitrogen and oxygen atoms in total. The van der Waals surface area contributed by atoms with E-state index in [0.717, 1.165) is 13.1 Å². The Morgan fingerprint density at radius 2 is 2.11 bits per heavy atom. The van der Waals surface area contributed by atoms with Crippen molar-refractivity contribution in [3.63, 3.8) is 0 Å². The molecule has 2 rings (SSSR count). The fourth-order valence-electron chi connectivity index (χ4n) is 2.68. The number of likely N-dealkylation sites (tertiary alicyclic amines) is 1. The Hall–Kier alpha value is -0.870. The molecule has 1 aliphatic heterocycles. The van der Waals surface area contributed by atoms with Gasteiger partial charge in [-0.1, -0.05) is 18.9 Å². The van der Waals surface area contributed by atoms with Crippen LogP contribution in [0.25, 0.3) is 0 Å². The number of hydrogen-bond donors (Lipinski definition) is 0. The second kappa shape index (κ2) is 7.65. The van der Waals surface area contributed by atoms with Crippen LogP contribution < -0.4 is 0 Å². The zero-order valence-corrected chi connectivity index (χ0v) is 12.5. The second-order valence-corrected chi connectivity index (χ2v) is 5.97. The van der Waals surface area contributed by atoms with Crippen LogP contribution in [0.15, 0.2) is 17.5 Å². The van der Waals surface area contributed by atoms with Crippen LogP contribution in [0.4, 0.5) is 0 Å². The van der Waals surface area contributed by atoms with Crippen molar-refractivity contribution >= 4 is 17.3 Å². The number of thiophene rings is 1. The van der Waals surface area contributed by atoms with Crippen molar-refractivity contribution in [2.75, 3.05) is 19.7 Å². The van der Waals surface area contributed by atoms with E-state index in [2.05, 4.69) is 22.4 Å². The summed E-state index contributed by atoms with van der Waals surface area (Å²) in [7, 11) is 0. The van der Waals surface area contributed by atoms with Crippen LogP contribution in [-0.2, 0) is 9.53 Å². The minimum Gasteiger partial charge on any atom is -0.466 e. The van der Waals surface area contributed by atoms with Gasteiger partial charge in [-0.25, -0.2) is 0 Å². The largest absolute Gasteiger partial charge is 0.466 e. The molecule has 0 N–H and O–H groups in total. The van der Waals surface area contributed by atoms with Crippen LogP contribution >= 0.6 is 11.3 Å². The summed E-state index contributed by atoms with van der Waals surface area (Å²) in [6.45, 7) is 4.53. The molecule has 1 atom stereocenters. The smallest absolute Gasteiger partial charge is 0.307 e. The van der Waals surface area contributed by atoms with Crippen LogP contribution in [0.3, 0.4) is 0 Å². The molecular weight excluding hydrogens is 258 g/mol. The lowest BCUT2D eigenvalue weighted by Gasteiger charge is -2.29. The summed E-state index contributed by atoms with van der Waals surface area (Å²) in [5.74, 6) is -0.0786. The molecular formula is C15H23NO2S. The maximum absolute atomic E-state index is 11.8. The Morgan fingerprint density at radius 3 is 2.68 bits per heavy atom. The van der Waals surface area contributed by atoms with Crippen LogP contribution in [0, 0.1) is 0 Å². The average molecular weight is 281 g/mol. The van der Waals surface area contributed by atoms with E-state index in [9.17, 15) is 4.79 Å². The van der Waals surface area contributed by atoms with Crippen LogP contribution in [0.5, 0.6) is 0 Å². The van der Waals surface area contributed by atoms with Gasteiger partial charge in [0.1, 0.15) is 0 Å². The third-order valence-corrected chi connectivity index (χ3v) is 4.59. The van der Waals surface area contributed by atoms with Gasteiger partial charge >= 0.3 is 5.97 Å². The first-order chi connectivity index (χ1) is 9.31. The van der Waals surface area contributed by atoms with Gasteiger partial charge < -0.3 is 4.74 Å². The molecule has 0 aromatic carbocycles. The molecule has 1 unspecified atom stereocenters. The topological polar surface area (TPSA) is 29.5 Å². The van der Waals surface area contributed by atoms with Crippen molar-refractivity contribution in [2.45, 2.75) is 45.1 Å². The predicted octanol–water partition coefficient (Wildman–Crippen LogP) is 3.62. The molecule has 1 aromatic heterocycles. The quantitative estimate of drug-likeness (QED) is 0.772. The highest BCUT2D eigenvalue weighted by Gasteiger charge is 2.25. The van der Waals surface area contributed by atoms with Gasteiger partial charge in [-0.3, -0.25) is 9.69 Å². The van der Waals surface area contributed by atoms with Gasteiger partial charge in [0.05, 0.1) is 19.1 Å². The molecule has 0 spiro atoms. The summed E-state index contributed by atoms with van der Waals surface area (Å²) in [6.07, 6.45) is 5.59. The Balaban J connectivity index is 2.06. The number of rotatable bonds is 5. The summed E-state index contributed by atoms with van der Waals surface area (Å²) in [5, 5.41) is 2.09. The normalized spacial score (nSPS) is 18.8. The SMILES string of the molecule is CCOC(=O)CC(c1cccs1)N1CCCCCC1. The molecule has 0 saturated carbocycles. The lowest BCUT2D eigenvalue weighted by Crippen LogP contribution is -2.31. The van der Waals surface area contributed by atoms with E-state index in [1.165, 1.54) is 30.6 Å². The summed E-state index contributed by atoms with van der Waals surface area (Å²) in [6, 6.07) is 4.41. The third kappa shape index (κ3) is 4.32. The van der Waals surface area contributed by atoms with E-state index in [0.29, 0.717) is 13.0 Å². The fourth-order valence-corrected chi connectivity index (χ4v) is 3.54. The molecule has 0 radical (unpaired) electrons. The lowest BCUT2D eigenvalue weighted by atomic mass is 10.1. The number of carbonyl (C=O) groups is 1. The Kier molecular flexibility index (Phi) is 5.86. The average Bonchev–Trinajstić information content (AvgIpc) is 2.79. The van der Waals surface area contributed by atoms with E-state index >= 15 is 0 Å². The Labute approximate surface area is 119 Å². The monoisotopic (exact) mass is 281 g/mol. The van der Waals surface area contributed by atoms with Gasteiger partial charge in [0.2, 0.25) is 0 Å². The van der Waals surface area contributed by atoms with Gasteiger partial charge in [0.15, 0.2) is 0 Å². The maximum Gasteiger partial charge on any atom is 0.307 e. The zero-order chi connectivity index (χ0) is 13.5. The predicted molar refractivity (Wildman–Crippen MR) is 78.4 cm³/mol. The molecule has 19 heavy (non-hydrogen) atoms. The van der Waals surface area contributed by atoms with Gasteiger partial charge in [-0.2, -0.15) is 0 Å². The summed E-state index contributed by atoms with van der Waals surface area (Å²) < 4.78 is 5.13. The maximum atomic E-state index is 11.8. The van der Waals surface area contributed by atoms with Gasteiger partial charge in [-0.05, 0) is 44.3 Å². The molecule has 106 valence electrons. The number of hydrogen-bond acceptors (Lipinski definition) is 4. The highest BCUT2D eigenvalue weighted by Crippen LogP contribution is 2.30. The van der Waals surface area contributed by atoms with E-state index in [1.54, 1.807) is 11.3 Å². The first-order valence-electron chi connectivity index (χ1n) is 7.24. The summed E-state index contributed by atoms with van der Waals surface area (Å²) in [4.78, 5) is 15.6. The van der Waals surface area contributed by atoms with Crippen molar-refractivity contribution in [3.05, 3.63) is 22.4 Å². The van der Waals surface area contributed by atoms with Crippen molar-refractivity contribution in [2.24, 2.45) is 0 Å². The number of nitrogens with zero attached hydrogens (tertiary/aromatic N) is 1. The van der Waals surface area contributed by atoms with Crippen molar-refractivity contribution in [1.29, 1.82) is 0 Å². The van der Waals surface area contributed by atoms with E-state index in [1.807, 2.05) is 6.92 Å². The molecule has 1 aliphatic rings. The standard InChI is InChI=1S/C15H23NO2S/c1-2-18-15(17)12-13(14-8-7-11-19-14)16-9-5-3-4-6-10-16/h7-8,11,13H,2-6,9-10,12H2,1H3. The number of carbonyl (C=O) groups excluding carboxylic acids is 1. The van der Waals surface area contributed by atoms with Gasteiger partial charge in [0.25, 0.3) is 0 Å². The third-order valence-electron chi connectivity index (χ3n) is 3.62. The second-order valence-electron chi connectivity index (χ2n) is 4.99. The number of ether oxygens (including phenoxy) is 1. The number of esters is 1. The lowest BCUT2D eigenvalue weighted by molar-refractivity contribution is -0.144. The van der Waals surface area contributed by atoms with Crippen molar-refractivity contribution in [1.82, 2.24) is 4.90 Å². The highest BCUT2D eigenvalue weighted by atomic mass is 32.1. The van der Waals surface area contributed by atoms with Crippen LogP contribution in [0.2, 0.25) is 0 Å². The molecule has 1 saturated heterocycles. The molecule has 1 fully saturated rings. The van der Waals surface area contributed by atoms with E-state index in [-0.39, 0.29) is 12.0 Å². The minimum absolute atomic E-state index is 0.0786. The van der Waals surface area contributed by atoms with E-state index in [4.69, 9.17) is 4.74 Å². The van der Waals surface area contributed by atoms with E-state index < -0.39 is 0 Å². The van der Waals surface area contributed by atoms with Gasteiger partial charge in [0, 0.05) is 4.88 Å². The van der Waals surface area contributed by atoms with Crippen LogP contribution in [-0.4, -0.2) is 30.6 Å². The summed E-state index contributed by atoms with van der Waals surface area (Å²) in [5.41, 5.74) is 0. The van der Waals surface area contributed by atoms with Crippen molar-refractivity contribution < 1.29 is 9.53 Å². The minimum atomic E-state index is -0.0786. The first kappa shape index (κ1) is 14.5. The zero-order valence-electron chi connectivity index (χ0n) is 11.6.